The maximum atomic E-state index is 6.30. The first-order valence-electron chi connectivity index (χ1n) is 11.0. The van der Waals surface area contributed by atoms with Gasteiger partial charge in [0.2, 0.25) is 0 Å². The van der Waals surface area contributed by atoms with E-state index in [0.29, 0.717) is 26.1 Å². The molecule has 2 aromatic heterocycles. The van der Waals surface area contributed by atoms with Crippen molar-refractivity contribution >= 4 is 5.82 Å². The normalized spacial score (nSPS) is 18.5. The number of nitrogens with zero attached hydrogens (tertiary/aromatic N) is 4. The summed E-state index contributed by atoms with van der Waals surface area (Å²) < 4.78 is 20.2. The molecule has 3 heterocycles. The smallest absolute Gasteiger partial charge is 0.178 e. The number of aromatic nitrogens is 3. The van der Waals surface area contributed by atoms with Crippen LogP contribution >= 0.6 is 0 Å². The molecule has 1 aliphatic carbocycles. The third-order valence-corrected chi connectivity index (χ3v) is 6.19. The summed E-state index contributed by atoms with van der Waals surface area (Å²) in [7, 11) is 5.66. The molecule has 3 aromatic rings. The van der Waals surface area contributed by atoms with Gasteiger partial charge in [-0.3, -0.25) is 0 Å². The zero-order valence-electron chi connectivity index (χ0n) is 19.4. The number of benzene rings is 1. The molecular weight excluding hydrogens is 404 g/mol. The van der Waals surface area contributed by atoms with Gasteiger partial charge >= 0.3 is 0 Å². The van der Waals surface area contributed by atoms with Gasteiger partial charge in [-0.1, -0.05) is 26.0 Å². The Morgan fingerprint density at radius 2 is 1.78 bits per heavy atom. The number of ether oxygens (including phenoxy) is 3. The van der Waals surface area contributed by atoms with Gasteiger partial charge in [0.1, 0.15) is 17.3 Å². The Balaban J connectivity index is 1.61. The highest BCUT2D eigenvalue weighted by atomic mass is 16.7. The Morgan fingerprint density at radius 1 is 1.03 bits per heavy atom. The molecule has 1 fully saturated rings. The summed E-state index contributed by atoms with van der Waals surface area (Å²) in [5.41, 5.74) is 5.09. The third kappa shape index (κ3) is 3.55. The van der Waals surface area contributed by atoms with Gasteiger partial charge in [0.25, 0.3) is 0 Å². The first-order valence-corrected chi connectivity index (χ1v) is 11.0. The van der Waals surface area contributed by atoms with Gasteiger partial charge in [0.05, 0.1) is 31.7 Å². The van der Waals surface area contributed by atoms with Crippen LogP contribution in [-0.2, 0) is 22.3 Å². The minimum atomic E-state index is -0.626. The van der Waals surface area contributed by atoms with Crippen LogP contribution in [0.3, 0.4) is 0 Å². The summed E-state index contributed by atoms with van der Waals surface area (Å²) in [5, 5.41) is 5.03. The van der Waals surface area contributed by atoms with Gasteiger partial charge in [-0.25, -0.2) is 9.67 Å². The van der Waals surface area contributed by atoms with Crippen LogP contribution in [0.15, 0.2) is 42.6 Å². The van der Waals surface area contributed by atoms with Crippen LogP contribution in [0.25, 0.3) is 16.9 Å². The molecule has 7 heteroatoms. The highest BCUT2D eigenvalue weighted by Crippen LogP contribution is 2.44. The van der Waals surface area contributed by atoms with Crippen molar-refractivity contribution < 1.29 is 14.2 Å². The standard InChI is InChI=1S/C25H30N4O3/c1-24(2)15-31-25(32-16-24)12-18-19(13-25)27-29(20-8-6-7-9-21(20)30-5)23(18)17-10-11-22(26-14-17)28(3)4/h6-11,14H,12-13,15-16H2,1-5H3. The molecule has 0 bridgehead atoms. The van der Waals surface area contributed by atoms with Crippen LogP contribution in [0.5, 0.6) is 5.75 Å². The van der Waals surface area contributed by atoms with E-state index < -0.39 is 5.79 Å². The average molecular weight is 435 g/mol. The fourth-order valence-electron chi connectivity index (χ4n) is 4.42. The van der Waals surface area contributed by atoms with Crippen LogP contribution in [0.1, 0.15) is 25.1 Å². The second kappa shape index (κ2) is 7.60. The van der Waals surface area contributed by atoms with E-state index in [9.17, 15) is 0 Å². The summed E-state index contributed by atoms with van der Waals surface area (Å²) in [6.07, 6.45) is 3.21. The largest absolute Gasteiger partial charge is 0.494 e. The van der Waals surface area contributed by atoms with Crippen molar-refractivity contribution in [1.82, 2.24) is 14.8 Å². The maximum Gasteiger partial charge on any atom is 0.178 e. The van der Waals surface area contributed by atoms with Crippen molar-refractivity contribution in [2.24, 2.45) is 5.41 Å². The molecule has 32 heavy (non-hydrogen) atoms. The second-order valence-corrected chi connectivity index (χ2v) is 9.66. The molecule has 1 aliphatic heterocycles. The molecule has 0 atom stereocenters. The number of fused-ring (bicyclic) bond motifs is 1. The van der Waals surface area contributed by atoms with E-state index in [1.54, 1.807) is 7.11 Å². The summed E-state index contributed by atoms with van der Waals surface area (Å²) in [6, 6.07) is 12.1. The van der Waals surface area contributed by atoms with Crippen molar-refractivity contribution in [3.63, 3.8) is 0 Å². The summed E-state index contributed by atoms with van der Waals surface area (Å²) in [5.74, 6) is 1.06. The molecule has 0 unspecified atom stereocenters. The molecule has 2 aliphatic rings. The summed E-state index contributed by atoms with van der Waals surface area (Å²) in [6.45, 7) is 5.69. The molecule has 7 nitrogen and oxygen atoms in total. The first kappa shape index (κ1) is 21.0. The van der Waals surface area contributed by atoms with Gasteiger partial charge in [-0.15, -0.1) is 0 Å². The van der Waals surface area contributed by atoms with Crippen LogP contribution in [0, 0.1) is 5.41 Å². The highest BCUT2D eigenvalue weighted by molar-refractivity contribution is 5.70. The monoisotopic (exact) mass is 434 g/mol. The minimum Gasteiger partial charge on any atom is -0.494 e. The molecule has 0 amide bonds. The van der Waals surface area contributed by atoms with E-state index in [1.807, 2.05) is 60.2 Å². The number of anilines is 1. The van der Waals surface area contributed by atoms with Crippen molar-refractivity contribution in [3.8, 4) is 22.7 Å². The fraction of sp³-hybridized carbons (Fsp3) is 0.440. The van der Waals surface area contributed by atoms with Gasteiger partial charge in [-0.05, 0) is 24.3 Å². The lowest BCUT2D eigenvalue weighted by Gasteiger charge is -2.41. The van der Waals surface area contributed by atoms with E-state index in [-0.39, 0.29) is 5.41 Å². The number of pyridine rings is 1. The number of methoxy groups -OCH3 is 1. The summed E-state index contributed by atoms with van der Waals surface area (Å²) in [4.78, 5) is 6.64. The predicted octanol–water partition coefficient (Wildman–Crippen LogP) is 3.88. The van der Waals surface area contributed by atoms with Gasteiger partial charge in [-0.2, -0.15) is 5.10 Å². The van der Waals surface area contributed by atoms with E-state index in [4.69, 9.17) is 19.3 Å². The van der Waals surface area contributed by atoms with E-state index >= 15 is 0 Å². The quantitative estimate of drug-likeness (QED) is 0.621. The van der Waals surface area contributed by atoms with Crippen molar-refractivity contribution in [2.45, 2.75) is 32.5 Å². The first-order chi connectivity index (χ1) is 15.3. The second-order valence-electron chi connectivity index (χ2n) is 9.66. The number of hydrogen-bond donors (Lipinski definition) is 0. The molecule has 1 saturated heterocycles. The Labute approximate surface area is 188 Å². The number of hydrogen-bond acceptors (Lipinski definition) is 6. The van der Waals surface area contributed by atoms with E-state index in [1.165, 1.54) is 0 Å². The number of para-hydroxylation sites is 2. The Hall–Kier alpha value is -2.90. The predicted molar refractivity (Wildman–Crippen MR) is 123 cm³/mol. The van der Waals surface area contributed by atoms with Crippen molar-refractivity contribution in [3.05, 3.63) is 53.9 Å². The minimum absolute atomic E-state index is 0.0251. The molecule has 168 valence electrons. The molecule has 5 rings (SSSR count). The SMILES string of the molecule is COc1ccccc1-n1nc2c(c1-c1ccc(N(C)C)nc1)CC1(C2)OCC(C)(C)CO1. The van der Waals surface area contributed by atoms with E-state index in [2.05, 4.69) is 24.9 Å². The zero-order valence-corrected chi connectivity index (χ0v) is 19.4. The Morgan fingerprint density at radius 3 is 2.44 bits per heavy atom. The van der Waals surface area contributed by atoms with Gasteiger partial charge in [0.15, 0.2) is 5.79 Å². The summed E-state index contributed by atoms with van der Waals surface area (Å²) >= 11 is 0. The zero-order chi connectivity index (χ0) is 22.5. The maximum absolute atomic E-state index is 6.30. The lowest BCUT2D eigenvalue weighted by molar-refractivity contribution is -0.293. The Kier molecular flexibility index (Phi) is 4.98. The van der Waals surface area contributed by atoms with Crippen molar-refractivity contribution in [1.29, 1.82) is 0 Å². The van der Waals surface area contributed by atoms with Crippen molar-refractivity contribution in [2.75, 3.05) is 39.3 Å². The van der Waals surface area contributed by atoms with Gasteiger partial charge < -0.3 is 19.1 Å². The molecule has 0 saturated carbocycles. The molecule has 0 radical (unpaired) electrons. The van der Waals surface area contributed by atoms with E-state index in [0.717, 1.165) is 39.8 Å². The lowest BCUT2D eigenvalue weighted by atomic mass is 9.94. The fourth-order valence-corrected chi connectivity index (χ4v) is 4.42. The van der Waals surface area contributed by atoms with Crippen LogP contribution < -0.4 is 9.64 Å². The topological polar surface area (TPSA) is 61.6 Å². The van der Waals surface area contributed by atoms with Gasteiger partial charge in [0, 0.05) is 49.7 Å². The molecule has 1 aromatic carbocycles. The average Bonchev–Trinajstić information content (AvgIpc) is 3.30. The molecule has 0 N–H and O–H groups in total. The molecular formula is C25H30N4O3. The number of rotatable bonds is 4. The van der Waals surface area contributed by atoms with Crippen LogP contribution in [0.2, 0.25) is 0 Å². The van der Waals surface area contributed by atoms with Crippen LogP contribution in [0.4, 0.5) is 5.82 Å². The highest BCUT2D eigenvalue weighted by Gasteiger charge is 2.48. The third-order valence-electron chi connectivity index (χ3n) is 6.19. The lowest BCUT2D eigenvalue weighted by Crippen LogP contribution is -2.48. The van der Waals surface area contributed by atoms with Crippen LogP contribution in [-0.4, -0.2) is 55.0 Å². The molecule has 1 spiro atoms. The Bertz CT molecular complexity index is 1120.